The Balaban J connectivity index is 2.05. The molecule has 2 rings (SSSR count). The summed E-state index contributed by atoms with van der Waals surface area (Å²) in [6, 6.07) is 7.21. The van der Waals surface area contributed by atoms with Crippen molar-refractivity contribution in [1.82, 2.24) is 14.8 Å². The average Bonchev–Trinajstić information content (AvgIpc) is 2.67. The van der Waals surface area contributed by atoms with Gasteiger partial charge >= 0.3 is 5.69 Å². The highest BCUT2D eigenvalue weighted by Crippen LogP contribution is 2.17. The number of rotatable bonds is 4. The van der Waals surface area contributed by atoms with E-state index in [0.29, 0.717) is 10.7 Å². The van der Waals surface area contributed by atoms with Gasteiger partial charge in [0.1, 0.15) is 0 Å². The van der Waals surface area contributed by atoms with Crippen LogP contribution in [0.2, 0.25) is 0 Å². The average molecular weight is 328 g/mol. The van der Waals surface area contributed by atoms with Gasteiger partial charge in [0.25, 0.3) is 0 Å². The molecule has 1 aromatic carbocycles. The third-order valence-electron chi connectivity index (χ3n) is 2.32. The van der Waals surface area contributed by atoms with Crippen molar-refractivity contribution in [3.8, 4) is 0 Å². The van der Waals surface area contributed by atoms with Crippen LogP contribution in [0.25, 0.3) is 0 Å². The normalized spacial score (nSPS) is 10.6. The topological polar surface area (TPSA) is 67.8 Å². The molecule has 0 spiro atoms. The summed E-state index contributed by atoms with van der Waals surface area (Å²) < 4.78 is 2.24. The lowest BCUT2D eigenvalue weighted by atomic mass is 10.2. The standard InChI is InChI=1S/C11H10BrN3O2S/c1-15-10(17)13-14-11(15)18-6-9(16)7-3-2-4-8(12)5-7/h2-5H,6H2,1H3,(H,13,17). The maximum absolute atomic E-state index is 11.9. The number of H-pyrrole nitrogens is 1. The first-order valence-corrected chi connectivity index (χ1v) is 6.89. The lowest BCUT2D eigenvalue weighted by Gasteiger charge is -2.01. The number of halogens is 1. The third kappa shape index (κ3) is 2.91. The second-order valence-corrected chi connectivity index (χ2v) is 5.45. The highest BCUT2D eigenvalue weighted by Gasteiger charge is 2.10. The van der Waals surface area contributed by atoms with Crippen LogP contribution >= 0.6 is 27.7 Å². The number of nitrogens with one attached hydrogen (secondary N) is 1. The minimum atomic E-state index is -0.285. The van der Waals surface area contributed by atoms with E-state index in [-0.39, 0.29) is 17.2 Å². The SMILES string of the molecule is Cn1c(SCC(=O)c2cccc(Br)c2)n[nH]c1=O. The lowest BCUT2D eigenvalue weighted by Crippen LogP contribution is -2.13. The minimum absolute atomic E-state index is 0.00301. The number of carbonyl (C=O) groups excluding carboxylic acids is 1. The van der Waals surface area contributed by atoms with Crippen molar-refractivity contribution in [2.24, 2.45) is 7.05 Å². The molecule has 0 aliphatic carbocycles. The van der Waals surface area contributed by atoms with Crippen LogP contribution in [0.1, 0.15) is 10.4 Å². The summed E-state index contributed by atoms with van der Waals surface area (Å²) in [5, 5.41) is 6.66. The Hall–Kier alpha value is -1.34. The minimum Gasteiger partial charge on any atom is -0.293 e. The number of nitrogens with zero attached hydrogens (tertiary/aromatic N) is 2. The summed E-state index contributed by atoms with van der Waals surface area (Å²) in [5.74, 6) is 0.242. The van der Waals surface area contributed by atoms with Crippen LogP contribution in [-0.4, -0.2) is 26.3 Å². The van der Waals surface area contributed by atoms with Gasteiger partial charge in [-0.05, 0) is 12.1 Å². The molecular weight excluding hydrogens is 318 g/mol. The number of hydrogen-bond donors (Lipinski definition) is 1. The number of ketones is 1. The van der Waals surface area contributed by atoms with E-state index in [1.165, 1.54) is 16.3 Å². The van der Waals surface area contributed by atoms with E-state index in [1.807, 2.05) is 12.1 Å². The van der Waals surface area contributed by atoms with E-state index >= 15 is 0 Å². The van der Waals surface area contributed by atoms with Gasteiger partial charge in [-0.1, -0.05) is 39.8 Å². The fourth-order valence-electron chi connectivity index (χ4n) is 1.34. The molecule has 0 aliphatic rings. The predicted octanol–water partition coefficient (Wildman–Crippen LogP) is 1.85. The second-order valence-electron chi connectivity index (χ2n) is 3.59. The van der Waals surface area contributed by atoms with Crippen LogP contribution in [-0.2, 0) is 7.05 Å². The summed E-state index contributed by atoms with van der Waals surface area (Å²) in [6.07, 6.45) is 0. The van der Waals surface area contributed by atoms with Gasteiger partial charge in [0, 0.05) is 17.1 Å². The molecule has 0 bridgehead atoms. The summed E-state index contributed by atoms with van der Waals surface area (Å²) in [5.41, 5.74) is 0.352. The number of carbonyl (C=O) groups is 1. The summed E-state index contributed by atoms with van der Waals surface area (Å²) >= 11 is 4.55. The fraction of sp³-hybridized carbons (Fsp3) is 0.182. The van der Waals surface area contributed by atoms with Crippen molar-refractivity contribution in [2.75, 3.05) is 5.75 Å². The smallest absolute Gasteiger partial charge is 0.293 e. The van der Waals surface area contributed by atoms with E-state index in [1.54, 1.807) is 19.2 Å². The first kappa shape index (κ1) is 13.1. The van der Waals surface area contributed by atoms with Crippen molar-refractivity contribution in [2.45, 2.75) is 5.16 Å². The molecule has 94 valence electrons. The summed E-state index contributed by atoms with van der Waals surface area (Å²) in [7, 11) is 1.61. The molecule has 1 heterocycles. The van der Waals surface area contributed by atoms with E-state index < -0.39 is 0 Å². The van der Waals surface area contributed by atoms with Crippen LogP contribution in [0.15, 0.2) is 38.7 Å². The Kier molecular flexibility index (Phi) is 4.03. The number of aromatic nitrogens is 3. The Morgan fingerprint density at radius 3 is 2.94 bits per heavy atom. The van der Waals surface area contributed by atoms with Crippen LogP contribution in [0, 0.1) is 0 Å². The molecule has 1 N–H and O–H groups in total. The van der Waals surface area contributed by atoms with Gasteiger partial charge in [0.2, 0.25) is 0 Å². The molecule has 5 nitrogen and oxygen atoms in total. The van der Waals surface area contributed by atoms with Gasteiger partial charge in [-0.25, -0.2) is 9.89 Å². The Bertz CT molecular complexity index is 635. The molecule has 1 aromatic heterocycles. The molecular formula is C11H10BrN3O2S. The number of aromatic amines is 1. The molecule has 0 aliphatic heterocycles. The number of hydrogen-bond acceptors (Lipinski definition) is 4. The Morgan fingerprint density at radius 1 is 1.56 bits per heavy atom. The van der Waals surface area contributed by atoms with Crippen molar-refractivity contribution in [3.63, 3.8) is 0 Å². The van der Waals surface area contributed by atoms with Gasteiger partial charge in [0.05, 0.1) is 5.75 Å². The predicted molar refractivity (Wildman–Crippen MR) is 73.0 cm³/mol. The van der Waals surface area contributed by atoms with E-state index in [2.05, 4.69) is 26.1 Å². The number of benzene rings is 1. The van der Waals surface area contributed by atoms with Gasteiger partial charge in [0.15, 0.2) is 10.9 Å². The van der Waals surface area contributed by atoms with E-state index in [0.717, 1.165) is 4.47 Å². The molecule has 0 amide bonds. The maximum atomic E-state index is 11.9. The monoisotopic (exact) mass is 327 g/mol. The Labute approximate surface area is 116 Å². The third-order valence-corrected chi connectivity index (χ3v) is 3.84. The molecule has 0 saturated heterocycles. The highest BCUT2D eigenvalue weighted by atomic mass is 79.9. The number of thioether (sulfide) groups is 1. The summed E-state index contributed by atoms with van der Waals surface area (Å²) in [4.78, 5) is 23.1. The molecule has 0 saturated carbocycles. The largest absolute Gasteiger partial charge is 0.343 e. The van der Waals surface area contributed by atoms with Crippen LogP contribution in [0.5, 0.6) is 0 Å². The zero-order valence-corrected chi connectivity index (χ0v) is 11.9. The maximum Gasteiger partial charge on any atom is 0.343 e. The van der Waals surface area contributed by atoms with Crippen molar-refractivity contribution in [1.29, 1.82) is 0 Å². The molecule has 2 aromatic rings. The van der Waals surface area contributed by atoms with Crippen molar-refractivity contribution >= 4 is 33.5 Å². The molecule has 7 heteroatoms. The zero-order valence-electron chi connectivity index (χ0n) is 9.51. The van der Waals surface area contributed by atoms with Crippen molar-refractivity contribution in [3.05, 3.63) is 44.8 Å². The first-order chi connectivity index (χ1) is 8.58. The molecule has 0 fully saturated rings. The number of Topliss-reactive ketones (excluding diaryl/α,β-unsaturated/α-hetero) is 1. The summed E-state index contributed by atoms with van der Waals surface area (Å²) in [6.45, 7) is 0. The molecule has 0 atom stereocenters. The second kappa shape index (κ2) is 5.53. The Morgan fingerprint density at radius 2 is 2.33 bits per heavy atom. The van der Waals surface area contributed by atoms with Gasteiger partial charge < -0.3 is 0 Å². The van der Waals surface area contributed by atoms with Gasteiger partial charge in [-0.2, -0.15) is 0 Å². The first-order valence-electron chi connectivity index (χ1n) is 5.11. The lowest BCUT2D eigenvalue weighted by molar-refractivity contribution is 0.102. The van der Waals surface area contributed by atoms with Crippen LogP contribution in [0.4, 0.5) is 0 Å². The van der Waals surface area contributed by atoms with E-state index in [4.69, 9.17) is 0 Å². The molecule has 18 heavy (non-hydrogen) atoms. The van der Waals surface area contributed by atoms with Crippen LogP contribution < -0.4 is 5.69 Å². The van der Waals surface area contributed by atoms with E-state index in [9.17, 15) is 9.59 Å². The molecule has 0 unspecified atom stereocenters. The fourth-order valence-corrected chi connectivity index (χ4v) is 2.55. The zero-order chi connectivity index (χ0) is 13.1. The quantitative estimate of drug-likeness (QED) is 0.687. The van der Waals surface area contributed by atoms with Crippen molar-refractivity contribution < 1.29 is 4.79 Å². The highest BCUT2D eigenvalue weighted by molar-refractivity contribution is 9.10. The van der Waals surface area contributed by atoms with Gasteiger partial charge in [-0.3, -0.25) is 9.36 Å². The van der Waals surface area contributed by atoms with Crippen LogP contribution in [0.3, 0.4) is 0 Å². The molecule has 0 radical (unpaired) electrons. The van der Waals surface area contributed by atoms with Gasteiger partial charge in [-0.15, -0.1) is 5.10 Å².